The normalized spacial score (nSPS) is 16.5. The molecule has 1 aliphatic heterocycles. The summed E-state index contributed by atoms with van der Waals surface area (Å²) in [6.07, 6.45) is 2.23. The van der Waals surface area contributed by atoms with E-state index in [-0.39, 0.29) is 36.3 Å². The summed E-state index contributed by atoms with van der Waals surface area (Å²) < 4.78 is 33.7. The van der Waals surface area contributed by atoms with Crippen molar-refractivity contribution in [2.45, 2.75) is 23.3 Å². The average Bonchev–Trinajstić information content (AvgIpc) is 3.38. The molecule has 6 rings (SSSR count). The van der Waals surface area contributed by atoms with Crippen molar-refractivity contribution in [3.8, 4) is 11.1 Å². The smallest absolute Gasteiger partial charge is 0.245 e. The Balaban J connectivity index is 1.35. The van der Waals surface area contributed by atoms with Gasteiger partial charge >= 0.3 is 0 Å². The van der Waals surface area contributed by atoms with Crippen molar-refractivity contribution in [1.29, 1.82) is 0 Å². The van der Waals surface area contributed by atoms with Gasteiger partial charge in [-0.3, -0.25) is 4.98 Å². The van der Waals surface area contributed by atoms with Gasteiger partial charge in [-0.1, -0.05) is 54.1 Å². The molecule has 2 aromatic heterocycles. The molecular formula is C26H21ClN4O4S. The predicted molar refractivity (Wildman–Crippen MR) is 136 cm³/mol. The third-order valence-corrected chi connectivity index (χ3v) is 9.03. The first kappa shape index (κ1) is 23.1. The van der Waals surface area contributed by atoms with Gasteiger partial charge in [-0.05, 0) is 53.0 Å². The number of hydrogen-bond acceptors (Lipinski definition) is 7. The number of fused-ring (bicyclic) bond motifs is 2. The molecular weight excluding hydrogens is 500 g/mol. The summed E-state index contributed by atoms with van der Waals surface area (Å²) in [4.78, 5) is 4.52. The van der Waals surface area contributed by atoms with E-state index in [2.05, 4.69) is 15.3 Å². The van der Waals surface area contributed by atoms with E-state index in [4.69, 9.17) is 16.2 Å². The van der Waals surface area contributed by atoms with E-state index < -0.39 is 15.6 Å². The van der Waals surface area contributed by atoms with Gasteiger partial charge in [-0.15, -0.1) is 0 Å². The van der Waals surface area contributed by atoms with Crippen molar-refractivity contribution in [2.75, 3.05) is 13.1 Å². The third-order valence-electron chi connectivity index (χ3n) is 6.85. The Labute approximate surface area is 212 Å². The van der Waals surface area contributed by atoms with E-state index in [9.17, 15) is 13.5 Å². The summed E-state index contributed by atoms with van der Waals surface area (Å²) in [5.74, 6) is 0. The predicted octanol–water partition coefficient (Wildman–Crippen LogP) is 4.76. The summed E-state index contributed by atoms with van der Waals surface area (Å²) >= 11 is 5.97. The number of piperidine rings is 1. The maximum absolute atomic E-state index is 13.7. The molecule has 5 aromatic rings. The Kier molecular flexibility index (Phi) is 5.53. The third kappa shape index (κ3) is 3.75. The zero-order valence-electron chi connectivity index (χ0n) is 19.0. The first-order chi connectivity index (χ1) is 17.4. The van der Waals surface area contributed by atoms with Crippen LogP contribution >= 0.6 is 11.6 Å². The molecule has 0 unspecified atom stereocenters. The lowest BCUT2D eigenvalue weighted by Gasteiger charge is -2.37. The van der Waals surface area contributed by atoms with Gasteiger partial charge in [0, 0.05) is 40.8 Å². The minimum absolute atomic E-state index is 0.0210. The van der Waals surface area contributed by atoms with Crippen molar-refractivity contribution in [3.63, 3.8) is 0 Å². The number of aromatic nitrogens is 3. The molecule has 3 aromatic carbocycles. The van der Waals surface area contributed by atoms with E-state index in [1.54, 1.807) is 42.6 Å². The molecule has 1 N–H and O–H groups in total. The summed E-state index contributed by atoms with van der Waals surface area (Å²) in [7, 11) is -3.92. The second kappa shape index (κ2) is 8.63. The van der Waals surface area contributed by atoms with E-state index in [1.165, 1.54) is 4.31 Å². The average molecular weight is 521 g/mol. The number of benzene rings is 3. The standard InChI is InChI=1S/C26H21ClN4O4S/c27-19-8-6-18(7-9-19)26(32)12-15-31(16-13-26)36(33,34)22-11-10-21(24-25(22)30-35-29-24)20-5-1-3-17-4-2-14-28-23(17)20/h1-11,14,32H,12-13,15-16H2. The minimum Gasteiger partial charge on any atom is -0.385 e. The lowest BCUT2D eigenvalue weighted by atomic mass is 9.85. The molecule has 8 nitrogen and oxygen atoms in total. The Hall–Kier alpha value is -3.37. The van der Waals surface area contributed by atoms with Crippen molar-refractivity contribution in [1.82, 2.24) is 19.6 Å². The molecule has 0 spiro atoms. The first-order valence-corrected chi connectivity index (χ1v) is 13.3. The van der Waals surface area contributed by atoms with Crippen molar-refractivity contribution in [2.24, 2.45) is 0 Å². The lowest BCUT2D eigenvalue weighted by Crippen LogP contribution is -2.45. The van der Waals surface area contributed by atoms with Crippen LogP contribution in [0.25, 0.3) is 33.1 Å². The number of nitrogens with zero attached hydrogens (tertiary/aromatic N) is 4. The van der Waals surface area contributed by atoms with E-state index in [0.29, 0.717) is 16.1 Å². The van der Waals surface area contributed by atoms with E-state index in [0.717, 1.165) is 22.0 Å². The maximum Gasteiger partial charge on any atom is 0.245 e. The van der Waals surface area contributed by atoms with Gasteiger partial charge in [0.15, 0.2) is 5.52 Å². The molecule has 0 saturated carbocycles. The number of hydrogen-bond donors (Lipinski definition) is 1. The van der Waals surface area contributed by atoms with Crippen LogP contribution < -0.4 is 0 Å². The zero-order valence-corrected chi connectivity index (χ0v) is 20.6. The molecule has 0 bridgehead atoms. The monoisotopic (exact) mass is 520 g/mol. The fourth-order valence-electron chi connectivity index (χ4n) is 4.88. The van der Waals surface area contributed by atoms with Crippen molar-refractivity contribution >= 4 is 43.6 Å². The second-order valence-electron chi connectivity index (χ2n) is 8.90. The molecule has 0 radical (unpaired) electrons. The van der Waals surface area contributed by atoms with Crippen LogP contribution in [0, 0.1) is 0 Å². The highest BCUT2D eigenvalue weighted by atomic mass is 35.5. The first-order valence-electron chi connectivity index (χ1n) is 11.4. The molecule has 1 fully saturated rings. The van der Waals surface area contributed by atoms with Gasteiger partial charge in [0.25, 0.3) is 0 Å². The van der Waals surface area contributed by atoms with Gasteiger partial charge < -0.3 is 5.11 Å². The molecule has 36 heavy (non-hydrogen) atoms. The number of para-hydroxylation sites is 1. The number of aliphatic hydroxyl groups is 1. The quantitative estimate of drug-likeness (QED) is 0.363. The molecule has 0 aliphatic carbocycles. The lowest BCUT2D eigenvalue weighted by molar-refractivity contribution is -0.00960. The molecule has 0 amide bonds. The summed E-state index contributed by atoms with van der Waals surface area (Å²) in [6.45, 7) is 0.312. The van der Waals surface area contributed by atoms with Crippen molar-refractivity contribution < 1.29 is 18.2 Å². The fourth-order valence-corrected chi connectivity index (χ4v) is 6.56. The Bertz CT molecular complexity index is 1690. The van der Waals surface area contributed by atoms with Gasteiger partial charge in [-0.2, -0.15) is 4.31 Å². The van der Waals surface area contributed by atoms with Gasteiger partial charge in [0.2, 0.25) is 10.0 Å². The topological polar surface area (TPSA) is 109 Å². The SMILES string of the molecule is O=S(=O)(c1ccc(-c2cccc3cccnc23)c2nonc12)N1CCC(O)(c2ccc(Cl)cc2)CC1. The number of rotatable bonds is 4. The number of halogens is 1. The highest BCUT2D eigenvalue weighted by molar-refractivity contribution is 7.89. The summed E-state index contributed by atoms with van der Waals surface area (Å²) in [5.41, 5.74) is 2.39. The van der Waals surface area contributed by atoms with Crippen LogP contribution in [0.1, 0.15) is 18.4 Å². The largest absolute Gasteiger partial charge is 0.385 e. The summed E-state index contributed by atoms with van der Waals surface area (Å²) in [5, 5.41) is 20.7. The highest BCUT2D eigenvalue weighted by Crippen LogP contribution is 2.38. The minimum atomic E-state index is -3.92. The van der Waals surface area contributed by atoms with Crippen LogP contribution in [0.3, 0.4) is 0 Å². The van der Waals surface area contributed by atoms with Crippen LogP contribution in [-0.2, 0) is 15.6 Å². The molecule has 3 heterocycles. The van der Waals surface area contributed by atoms with Gasteiger partial charge in [0.1, 0.15) is 10.4 Å². The molecule has 10 heteroatoms. The van der Waals surface area contributed by atoms with Crippen LogP contribution in [0.4, 0.5) is 0 Å². The highest BCUT2D eigenvalue weighted by Gasteiger charge is 2.39. The Morgan fingerprint density at radius 3 is 2.33 bits per heavy atom. The van der Waals surface area contributed by atoms with Crippen LogP contribution in [0.5, 0.6) is 0 Å². The van der Waals surface area contributed by atoms with Crippen molar-refractivity contribution in [3.05, 3.63) is 83.5 Å². The molecule has 1 aliphatic rings. The van der Waals surface area contributed by atoms with Crippen LogP contribution in [0.15, 0.2) is 82.5 Å². The number of sulfonamides is 1. The molecule has 0 atom stereocenters. The van der Waals surface area contributed by atoms with Crippen LogP contribution in [0.2, 0.25) is 5.02 Å². The van der Waals surface area contributed by atoms with Gasteiger partial charge in [0.05, 0.1) is 11.1 Å². The number of pyridine rings is 1. The van der Waals surface area contributed by atoms with E-state index in [1.807, 2.05) is 30.3 Å². The fraction of sp³-hybridized carbons (Fsp3) is 0.192. The molecule has 1 saturated heterocycles. The summed E-state index contributed by atoms with van der Waals surface area (Å²) in [6, 6.07) is 19.9. The van der Waals surface area contributed by atoms with E-state index >= 15 is 0 Å². The zero-order chi connectivity index (χ0) is 24.9. The maximum atomic E-state index is 13.7. The second-order valence-corrected chi connectivity index (χ2v) is 11.2. The Morgan fingerprint density at radius 2 is 1.56 bits per heavy atom. The van der Waals surface area contributed by atoms with Crippen LogP contribution in [-0.4, -0.2) is 46.2 Å². The molecule has 182 valence electrons. The van der Waals surface area contributed by atoms with Gasteiger partial charge in [-0.25, -0.2) is 13.0 Å². The Morgan fingerprint density at radius 1 is 0.861 bits per heavy atom.